The highest BCUT2D eigenvalue weighted by atomic mass is 35.5. The molecule has 0 unspecified atom stereocenters. The quantitative estimate of drug-likeness (QED) is 0.671. The average molecular weight is 306 g/mol. The van der Waals surface area contributed by atoms with Crippen LogP contribution in [0.3, 0.4) is 0 Å². The molecule has 1 heterocycles. The number of H-pyrrole nitrogens is 1. The highest BCUT2D eigenvalue weighted by Gasteiger charge is 2.01. The van der Waals surface area contributed by atoms with E-state index >= 15 is 0 Å². The minimum atomic E-state index is -0.228. The SMILES string of the molecule is Cc1cc(=O)[nH]c(NN=Cc2ccc(N(C)C)cc2Cl)n1. The summed E-state index contributed by atoms with van der Waals surface area (Å²) in [7, 11) is 3.89. The van der Waals surface area contributed by atoms with Gasteiger partial charge in [0.2, 0.25) is 5.95 Å². The Labute approximate surface area is 127 Å². The van der Waals surface area contributed by atoms with Crippen LogP contribution in [0, 0.1) is 6.92 Å². The van der Waals surface area contributed by atoms with E-state index in [1.165, 1.54) is 6.07 Å². The van der Waals surface area contributed by atoms with Crippen LogP contribution in [-0.2, 0) is 0 Å². The Morgan fingerprint density at radius 1 is 1.38 bits per heavy atom. The van der Waals surface area contributed by atoms with Crippen LogP contribution < -0.4 is 15.9 Å². The van der Waals surface area contributed by atoms with Crippen LogP contribution in [0.2, 0.25) is 5.02 Å². The van der Waals surface area contributed by atoms with E-state index in [-0.39, 0.29) is 11.5 Å². The topological polar surface area (TPSA) is 73.4 Å². The molecule has 7 heteroatoms. The molecule has 2 N–H and O–H groups in total. The van der Waals surface area contributed by atoms with Gasteiger partial charge in [0.15, 0.2) is 0 Å². The lowest BCUT2D eigenvalue weighted by molar-refractivity contribution is 1.04. The lowest BCUT2D eigenvalue weighted by Gasteiger charge is -2.13. The first-order chi connectivity index (χ1) is 9.95. The van der Waals surface area contributed by atoms with Crippen LogP contribution >= 0.6 is 11.6 Å². The first-order valence-electron chi connectivity index (χ1n) is 6.29. The summed E-state index contributed by atoms with van der Waals surface area (Å²) >= 11 is 6.19. The van der Waals surface area contributed by atoms with Gasteiger partial charge in [-0.1, -0.05) is 11.6 Å². The Morgan fingerprint density at radius 3 is 2.76 bits per heavy atom. The number of hydrogen-bond acceptors (Lipinski definition) is 5. The maximum atomic E-state index is 11.3. The number of nitrogens with one attached hydrogen (secondary N) is 2. The first-order valence-corrected chi connectivity index (χ1v) is 6.67. The second-order valence-corrected chi connectivity index (χ2v) is 5.11. The molecule has 0 spiro atoms. The monoisotopic (exact) mass is 305 g/mol. The normalized spacial score (nSPS) is 10.9. The van der Waals surface area contributed by atoms with Crippen molar-refractivity contribution in [2.45, 2.75) is 6.92 Å². The molecule has 110 valence electrons. The van der Waals surface area contributed by atoms with Crippen molar-refractivity contribution in [3.8, 4) is 0 Å². The molecule has 1 aromatic heterocycles. The number of aromatic nitrogens is 2. The van der Waals surface area contributed by atoms with Crippen LogP contribution in [0.15, 0.2) is 34.2 Å². The fraction of sp³-hybridized carbons (Fsp3) is 0.214. The van der Waals surface area contributed by atoms with Crippen molar-refractivity contribution < 1.29 is 0 Å². The Morgan fingerprint density at radius 2 is 2.14 bits per heavy atom. The van der Waals surface area contributed by atoms with Gasteiger partial charge in [-0.3, -0.25) is 9.78 Å². The molecule has 0 aliphatic heterocycles. The lowest BCUT2D eigenvalue weighted by atomic mass is 10.2. The molecular formula is C14H16ClN5O. The number of rotatable bonds is 4. The third-order valence-corrected chi connectivity index (χ3v) is 3.07. The van der Waals surface area contributed by atoms with Gasteiger partial charge in [0, 0.05) is 37.1 Å². The molecule has 0 saturated heterocycles. The average Bonchev–Trinajstić information content (AvgIpc) is 2.39. The van der Waals surface area contributed by atoms with Crippen LogP contribution in [0.4, 0.5) is 11.6 Å². The van der Waals surface area contributed by atoms with Gasteiger partial charge in [0.25, 0.3) is 5.56 Å². The summed E-state index contributed by atoms with van der Waals surface area (Å²) in [6, 6.07) is 7.08. The predicted octanol–water partition coefficient (Wildman–Crippen LogP) is 2.24. The number of hydrogen-bond donors (Lipinski definition) is 2. The number of aryl methyl sites for hydroxylation is 1. The smallest absolute Gasteiger partial charge is 0.252 e. The third-order valence-electron chi connectivity index (χ3n) is 2.74. The standard InChI is InChI=1S/C14H16ClN5O/c1-9-6-13(21)18-14(17-9)19-16-8-10-4-5-11(20(2)3)7-12(10)15/h4-8H,1-3H3,(H2,17,18,19,21). The maximum Gasteiger partial charge on any atom is 0.252 e. The van der Waals surface area contributed by atoms with Gasteiger partial charge in [-0.05, 0) is 25.1 Å². The zero-order valence-electron chi connectivity index (χ0n) is 12.0. The van der Waals surface area contributed by atoms with Crippen molar-refractivity contribution in [2.24, 2.45) is 5.10 Å². The van der Waals surface area contributed by atoms with Gasteiger partial charge < -0.3 is 4.90 Å². The van der Waals surface area contributed by atoms with Gasteiger partial charge in [-0.15, -0.1) is 0 Å². The molecule has 0 aliphatic carbocycles. The van der Waals surface area contributed by atoms with Gasteiger partial charge >= 0.3 is 0 Å². The van der Waals surface area contributed by atoms with Crippen molar-refractivity contribution in [3.05, 3.63) is 50.9 Å². The largest absolute Gasteiger partial charge is 0.378 e. The van der Waals surface area contributed by atoms with Gasteiger partial charge in [-0.25, -0.2) is 10.4 Å². The fourth-order valence-electron chi connectivity index (χ4n) is 1.69. The maximum absolute atomic E-state index is 11.3. The van der Waals surface area contributed by atoms with Crippen molar-refractivity contribution in [2.75, 3.05) is 24.4 Å². The fourth-order valence-corrected chi connectivity index (χ4v) is 1.92. The Balaban J connectivity index is 2.12. The summed E-state index contributed by atoms with van der Waals surface area (Å²) in [4.78, 5) is 19.9. The second-order valence-electron chi connectivity index (χ2n) is 4.71. The van der Waals surface area contributed by atoms with Crippen molar-refractivity contribution >= 4 is 29.5 Å². The molecule has 0 aliphatic rings. The second kappa shape index (κ2) is 6.41. The molecule has 21 heavy (non-hydrogen) atoms. The summed E-state index contributed by atoms with van der Waals surface area (Å²) in [5.41, 5.74) is 4.84. The molecule has 0 saturated carbocycles. The summed E-state index contributed by atoms with van der Waals surface area (Å²) in [6.07, 6.45) is 1.57. The summed E-state index contributed by atoms with van der Waals surface area (Å²) in [6.45, 7) is 1.74. The van der Waals surface area contributed by atoms with Gasteiger partial charge in [0.1, 0.15) is 0 Å². The summed E-state index contributed by atoms with van der Waals surface area (Å²) in [5.74, 6) is 0.289. The van der Waals surface area contributed by atoms with E-state index in [1.54, 1.807) is 13.1 Å². The number of halogens is 1. The van der Waals surface area contributed by atoms with E-state index in [0.29, 0.717) is 10.7 Å². The number of anilines is 2. The van der Waals surface area contributed by atoms with E-state index in [2.05, 4.69) is 20.5 Å². The number of benzene rings is 1. The summed E-state index contributed by atoms with van der Waals surface area (Å²) in [5, 5.41) is 4.62. The van der Waals surface area contributed by atoms with Crippen LogP contribution in [0.25, 0.3) is 0 Å². The molecule has 6 nitrogen and oxygen atoms in total. The van der Waals surface area contributed by atoms with Crippen molar-refractivity contribution in [1.29, 1.82) is 0 Å². The highest BCUT2D eigenvalue weighted by Crippen LogP contribution is 2.21. The lowest BCUT2D eigenvalue weighted by Crippen LogP contribution is -2.10. The molecule has 2 rings (SSSR count). The van der Waals surface area contributed by atoms with Gasteiger partial charge in [0.05, 0.1) is 11.2 Å². The zero-order valence-corrected chi connectivity index (χ0v) is 12.8. The minimum Gasteiger partial charge on any atom is -0.378 e. The Kier molecular flexibility index (Phi) is 4.59. The predicted molar refractivity (Wildman–Crippen MR) is 86.6 cm³/mol. The molecule has 0 fully saturated rings. The highest BCUT2D eigenvalue weighted by molar-refractivity contribution is 6.33. The number of nitrogens with zero attached hydrogens (tertiary/aromatic N) is 3. The van der Waals surface area contributed by atoms with Crippen LogP contribution in [0.5, 0.6) is 0 Å². The number of hydrazone groups is 1. The molecule has 0 atom stereocenters. The molecule has 0 radical (unpaired) electrons. The molecule has 0 bridgehead atoms. The Hall–Kier alpha value is -2.34. The first kappa shape index (κ1) is 15.1. The molecule has 2 aromatic rings. The zero-order chi connectivity index (χ0) is 15.4. The molecule has 0 amide bonds. The summed E-state index contributed by atoms with van der Waals surface area (Å²) < 4.78 is 0. The van der Waals surface area contributed by atoms with E-state index in [4.69, 9.17) is 11.6 Å². The van der Waals surface area contributed by atoms with E-state index in [9.17, 15) is 4.79 Å². The van der Waals surface area contributed by atoms with Crippen molar-refractivity contribution in [3.63, 3.8) is 0 Å². The van der Waals surface area contributed by atoms with E-state index < -0.39 is 0 Å². The van der Waals surface area contributed by atoms with Crippen LogP contribution in [0.1, 0.15) is 11.3 Å². The minimum absolute atomic E-state index is 0.228. The molecular weight excluding hydrogens is 290 g/mol. The van der Waals surface area contributed by atoms with E-state index in [0.717, 1.165) is 11.3 Å². The molecule has 1 aromatic carbocycles. The van der Waals surface area contributed by atoms with Crippen molar-refractivity contribution in [1.82, 2.24) is 9.97 Å². The van der Waals surface area contributed by atoms with Gasteiger partial charge in [-0.2, -0.15) is 5.10 Å². The van der Waals surface area contributed by atoms with E-state index in [1.807, 2.05) is 37.2 Å². The Bertz CT molecular complexity index is 724. The van der Waals surface area contributed by atoms with Crippen LogP contribution in [-0.4, -0.2) is 30.3 Å². The third kappa shape index (κ3) is 4.06. The number of aromatic amines is 1.